The molecule has 19 heavy (non-hydrogen) atoms. The van der Waals surface area contributed by atoms with Crippen LogP contribution in [-0.4, -0.2) is 37.0 Å². The summed E-state index contributed by atoms with van der Waals surface area (Å²) < 4.78 is 0. The highest BCUT2D eigenvalue weighted by atomic mass is 35.5. The van der Waals surface area contributed by atoms with Gasteiger partial charge in [-0.05, 0) is 57.0 Å². The van der Waals surface area contributed by atoms with Gasteiger partial charge in [-0.1, -0.05) is 13.3 Å². The van der Waals surface area contributed by atoms with Crippen LogP contribution in [0.15, 0.2) is 0 Å². The number of fused-ring (bicyclic) bond motifs is 1. The minimum atomic E-state index is 0. The first-order valence-corrected chi connectivity index (χ1v) is 7.75. The van der Waals surface area contributed by atoms with Crippen LogP contribution in [0.4, 0.5) is 0 Å². The molecule has 2 saturated heterocycles. The van der Waals surface area contributed by atoms with Gasteiger partial charge in [0.15, 0.2) is 0 Å². The van der Waals surface area contributed by atoms with E-state index in [1.807, 2.05) is 0 Å². The number of halogens is 1. The molecule has 0 radical (unpaired) electrons. The highest BCUT2D eigenvalue weighted by molar-refractivity contribution is 5.85. The molecule has 0 spiro atoms. The van der Waals surface area contributed by atoms with Crippen molar-refractivity contribution in [1.82, 2.24) is 10.2 Å². The lowest BCUT2D eigenvalue weighted by Gasteiger charge is -2.43. The van der Waals surface area contributed by atoms with Crippen molar-refractivity contribution in [3.05, 3.63) is 0 Å². The Morgan fingerprint density at radius 3 is 2.21 bits per heavy atom. The van der Waals surface area contributed by atoms with Gasteiger partial charge in [-0.15, -0.1) is 12.4 Å². The number of nitrogens with zero attached hydrogens (tertiary/aromatic N) is 1. The molecule has 0 aromatic heterocycles. The quantitative estimate of drug-likeness (QED) is 0.846. The molecule has 3 aliphatic rings. The van der Waals surface area contributed by atoms with Crippen molar-refractivity contribution >= 4 is 18.3 Å². The maximum absolute atomic E-state index is 12.7. The topological polar surface area (TPSA) is 32.3 Å². The van der Waals surface area contributed by atoms with Crippen LogP contribution in [0.5, 0.6) is 0 Å². The monoisotopic (exact) mass is 286 g/mol. The first-order chi connectivity index (χ1) is 8.75. The maximum Gasteiger partial charge on any atom is 0.228 e. The standard InChI is InChI=1S/C15H26N2O.ClH/c1-2-15(6-3-7-15)14(18)17-8-4-12-10-16-11-13(12)5-9-17;/h12-13,16H,2-11H2,1H3;1H/t12-,13+;. The molecule has 3 nitrogen and oxygen atoms in total. The largest absolute Gasteiger partial charge is 0.342 e. The summed E-state index contributed by atoms with van der Waals surface area (Å²) in [6, 6.07) is 0. The van der Waals surface area contributed by atoms with Gasteiger partial charge < -0.3 is 10.2 Å². The van der Waals surface area contributed by atoms with Crippen molar-refractivity contribution in [3.8, 4) is 0 Å². The van der Waals surface area contributed by atoms with Crippen LogP contribution < -0.4 is 5.32 Å². The second-order valence-corrected chi connectivity index (χ2v) is 6.54. The highest BCUT2D eigenvalue weighted by Crippen LogP contribution is 2.45. The third kappa shape index (κ3) is 2.64. The number of hydrogen-bond donors (Lipinski definition) is 1. The number of likely N-dealkylation sites (tertiary alicyclic amines) is 1. The number of rotatable bonds is 2. The molecule has 0 bridgehead atoms. The number of carbonyl (C=O) groups excluding carboxylic acids is 1. The molecule has 3 fully saturated rings. The third-order valence-electron chi connectivity index (χ3n) is 5.75. The summed E-state index contributed by atoms with van der Waals surface area (Å²) in [5.41, 5.74) is 0.0394. The summed E-state index contributed by atoms with van der Waals surface area (Å²) in [5.74, 6) is 2.12. The Hall–Kier alpha value is -0.280. The summed E-state index contributed by atoms with van der Waals surface area (Å²) in [5, 5.41) is 3.50. The van der Waals surface area contributed by atoms with Crippen LogP contribution >= 0.6 is 12.4 Å². The third-order valence-corrected chi connectivity index (χ3v) is 5.75. The lowest BCUT2D eigenvalue weighted by molar-refractivity contribution is -0.147. The van der Waals surface area contributed by atoms with Gasteiger partial charge in [0, 0.05) is 18.5 Å². The van der Waals surface area contributed by atoms with E-state index in [2.05, 4.69) is 17.1 Å². The summed E-state index contributed by atoms with van der Waals surface area (Å²) in [6.07, 6.45) is 6.98. The average molecular weight is 287 g/mol. The van der Waals surface area contributed by atoms with Crippen molar-refractivity contribution in [1.29, 1.82) is 0 Å². The van der Waals surface area contributed by atoms with Crippen molar-refractivity contribution in [2.45, 2.75) is 45.4 Å². The number of hydrogen-bond acceptors (Lipinski definition) is 2. The first-order valence-electron chi connectivity index (χ1n) is 7.75. The zero-order chi connectivity index (χ0) is 12.6. The van der Waals surface area contributed by atoms with Gasteiger partial charge in [-0.25, -0.2) is 0 Å². The summed E-state index contributed by atoms with van der Waals surface area (Å²) in [6.45, 7) is 6.54. The minimum absolute atomic E-state index is 0. The Labute approximate surface area is 122 Å². The fourth-order valence-electron chi connectivity index (χ4n) is 4.08. The summed E-state index contributed by atoms with van der Waals surface area (Å²) in [4.78, 5) is 14.9. The van der Waals surface area contributed by atoms with E-state index in [0.717, 1.165) is 44.2 Å². The Balaban J connectivity index is 0.00000133. The number of nitrogens with one attached hydrogen (secondary N) is 1. The molecule has 1 N–H and O–H groups in total. The molecule has 1 amide bonds. The van der Waals surface area contributed by atoms with Gasteiger partial charge in [0.2, 0.25) is 5.91 Å². The Kier molecular flexibility index (Phi) is 4.78. The van der Waals surface area contributed by atoms with E-state index in [-0.39, 0.29) is 17.8 Å². The molecular weight excluding hydrogens is 260 g/mol. The first kappa shape index (κ1) is 15.1. The fourth-order valence-corrected chi connectivity index (χ4v) is 4.08. The van der Waals surface area contributed by atoms with E-state index in [4.69, 9.17) is 0 Å². The number of amides is 1. The Morgan fingerprint density at radius 1 is 1.21 bits per heavy atom. The van der Waals surface area contributed by atoms with Crippen molar-refractivity contribution in [2.24, 2.45) is 17.3 Å². The SMILES string of the molecule is CCC1(C(=O)N2CC[C@@H]3CNC[C@@H]3CC2)CCC1.Cl. The normalized spacial score (nSPS) is 32.8. The molecule has 0 aromatic rings. The van der Waals surface area contributed by atoms with Crippen LogP contribution in [0.3, 0.4) is 0 Å². The van der Waals surface area contributed by atoms with E-state index >= 15 is 0 Å². The van der Waals surface area contributed by atoms with E-state index in [1.54, 1.807) is 0 Å². The summed E-state index contributed by atoms with van der Waals surface area (Å²) >= 11 is 0. The second-order valence-electron chi connectivity index (χ2n) is 6.54. The van der Waals surface area contributed by atoms with Crippen LogP contribution in [0.1, 0.15) is 45.4 Å². The van der Waals surface area contributed by atoms with Gasteiger partial charge in [0.05, 0.1) is 0 Å². The summed E-state index contributed by atoms with van der Waals surface area (Å²) in [7, 11) is 0. The predicted octanol–water partition coefficient (Wildman–Crippen LogP) is 2.45. The Bertz CT molecular complexity index is 311. The van der Waals surface area contributed by atoms with Gasteiger partial charge >= 0.3 is 0 Å². The van der Waals surface area contributed by atoms with Crippen LogP contribution in [-0.2, 0) is 4.79 Å². The molecule has 4 heteroatoms. The van der Waals surface area contributed by atoms with Crippen LogP contribution in [0.2, 0.25) is 0 Å². The molecule has 3 rings (SSSR count). The molecule has 2 heterocycles. The fraction of sp³-hybridized carbons (Fsp3) is 0.933. The van der Waals surface area contributed by atoms with E-state index in [0.29, 0.717) is 5.91 Å². The molecule has 2 atom stereocenters. The van der Waals surface area contributed by atoms with E-state index in [1.165, 1.54) is 32.4 Å². The van der Waals surface area contributed by atoms with Crippen molar-refractivity contribution < 1.29 is 4.79 Å². The predicted molar refractivity (Wildman–Crippen MR) is 79.5 cm³/mol. The van der Waals surface area contributed by atoms with Gasteiger partial charge in [0.25, 0.3) is 0 Å². The van der Waals surface area contributed by atoms with Gasteiger partial charge in [-0.2, -0.15) is 0 Å². The van der Waals surface area contributed by atoms with Crippen molar-refractivity contribution in [3.63, 3.8) is 0 Å². The van der Waals surface area contributed by atoms with Crippen molar-refractivity contribution in [2.75, 3.05) is 26.2 Å². The molecule has 2 aliphatic heterocycles. The minimum Gasteiger partial charge on any atom is -0.342 e. The zero-order valence-electron chi connectivity index (χ0n) is 12.0. The molecule has 0 aromatic carbocycles. The Morgan fingerprint density at radius 2 is 1.79 bits per heavy atom. The van der Waals surface area contributed by atoms with Gasteiger partial charge in [0.1, 0.15) is 0 Å². The van der Waals surface area contributed by atoms with Crippen LogP contribution in [0.25, 0.3) is 0 Å². The lowest BCUT2D eigenvalue weighted by Crippen LogP contribution is -2.48. The molecule has 1 aliphatic carbocycles. The van der Waals surface area contributed by atoms with Gasteiger partial charge in [-0.3, -0.25) is 4.79 Å². The molecule has 1 saturated carbocycles. The number of carbonyl (C=O) groups is 1. The highest BCUT2D eigenvalue weighted by Gasteiger charge is 2.45. The average Bonchev–Trinajstić information content (AvgIpc) is 2.67. The lowest BCUT2D eigenvalue weighted by atomic mass is 9.66. The zero-order valence-corrected chi connectivity index (χ0v) is 12.8. The van der Waals surface area contributed by atoms with E-state index in [9.17, 15) is 4.79 Å². The smallest absolute Gasteiger partial charge is 0.228 e. The van der Waals surface area contributed by atoms with E-state index < -0.39 is 0 Å². The van der Waals surface area contributed by atoms with Crippen LogP contribution in [0, 0.1) is 17.3 Å². The molecule has 110 valence electrons. The second kappa shape index (κ2) is 6.01. The molecular formula is C15H27ClN2O. The maximum atomic E-state index is 12.7. The molecule has 0 unspecified atom stereocenters.